The molecule has 2 atom stereocenters. The molecule has 4 N–H and O–H groups in total. The van der Waals surface area contributed by atoms with Crippen molar-refractivity contribution in [2.45, 2.75) is 42.5 Å². The number of nitrogens with zero attached hydrogens (tertiary/aromatic N) is 3. The molecular formula is C23H22ClF4N5O6S2. The molecule has 1 amide bonds. The predicted molar refractivity (Wildman–Crippen MR) is 139 cm³/mol. The number of hydrogen-bond donors (Lipinski definition) is 3. The fraction of sp³-hybridized carbons (Fsp3) is 0.304. The quantitative estimate of drug-likeness (QED) is 0.186. The van der Waals surface area contributed by atoms with Crippen LogP contribution in [0.1, 0.15) is 18.4 Å². The fourth-order valence-corrected chi connectivity index (χ4v) is 5.84. The van der Waals surface area contributed by atoms with E-state index in [-0.39, 0.29) is 27.7 Å². The van der Waals surface area contributed by atoms with E-state index in [9.17, 15) is 31.2 Å². The van der Waals surface area contributed by atoms with E-state index < -0.39 is 70.3 Å². The average molecular weight is 640 g/mol. The minimum Gasteiger partial charge on any atom is -0.480 e. The van der Waals surface area contributed by atoms with E-state index in [0.29, 0.717) is 16.3 Å². The van der Waals surface area contributed by atoms with Crippen LogP contribution in [-0.4, -0.2) is 63.9 Å². The normalized spacial score (nSPS) is 13.6. The van der Waals surface area contributed by atoms with Gasteiger partial charge in [0, 0.05) is 34.9 Å². The highest BCUT2D eigenvalue weighted by molar-refractivity contribution is 7.98. The second-order valence-corrected chi connectivity index (χ2v) is 11.6. The van der Waals surface area contributed by atoms with Crippen molar-refractivity contribution in [1.29, 1.82) is 0 Å². The number of sulfonamides is 1. The second-order valence-electron chi connectivity index (χ2n) is 8.46. The SMILES string of the molecule is N[C@@H](CSNC(=O)[C@@H](CCC(F)(F)F)N(Cc1ccc(-c2ncon2)cc1F)S(=O)(=O)c1ccc(Cl)cc1)C(=O)O. The van der Waals surface area contributed by atoms with Crippen molar-refractivity contribution in [2.24, 2.45) is 5.73 Å². The first-order chi connectivity index (χ1) is 19.2. The Hall–Kier alpha value is -3.25. The molecule has 3 aromatic rings. The van der Waals surface area contributed by atoms with Crippen molar-refractivity contribution in [3.05, 3.63) is 65.3 Å². The zero-order chi connectivity index (χ0) is 30.4. The van der Waals surface area contributed by atoms with Crippen molar-refractivity contribution >= 4 is 45.4 Å². The van der Waals surface area contributed by atoms with E-state index in [0.717, 1.165) is 24.6 Å². The molecule has 18 heteroatoms. The Morgan fingerprint density at radius 3 is 2.44 bits per heavy atom. The molecule has 0 saturated carbocycles. The number of hydrogen-bond acceptors (Lipinski definition) is 9. The van der Waals surface area contributed by atoms with Gasteiger partial charge in [0.2, 0.25) is 28.1 Å². The fourth-order valence-electron chi connectivity index (χ4n) is 3.43. The zero-order valence-corrected chi connectivity index (χ0v) is 23.1. The molecule has 0 aliphatic rings. The monoisotopic (exact) mass is 639 g/mol. The van der Waals surface area contributed by atoms with Crippen molar-refractivity contribution in [2.75, 3.05) is 5.75 Å². The average Bonchev–Trinajstić information content (AvgIpc) is 3.43. The number of carboxylic acids is 1. The van der Waals surface area contributed by atoms with Gasteiger partial charge in [-0.3, -0.25) is 14.3 Å². The van der Waals surface area contributed by atoms with Crippen LogP contribution in [0.4, 0.5) is 17.6 Å². The van der Waals surface area contributed by atoms with Crippen molar-refractivity contribution < 1.29 is 45.2 Å². The molecule has 222 valence electrons. The molecule has 0 aliphatic carbocycles. The molecule has 0 aliphatic heterocycles. The van der Waals surface area contributed by atoms with Gasteiger partial charge >= 0.3 is 12.1 Å². The summed E-state index contributed by atoms with van der Waals surface area (Å²) >= 11 is 6.32. The number of alkyl halides is 3. The maximum Gasteiger partial charge on any atom is 0.389 e. The lowest BCUT2D eigenvalue weighted by Crippen LogP contribution is -2.48. The highest BCUT2D eigenvalue weighted by Gasteiger charge is 2.39. The topological polar surface area (TPSA) is 169 Å². The number of carbonyl (C=O) groups excluding carboxylic acids is 1. The lowest BCUT2D eigenvalue weighted by molar-refractivity contribution is -0.141. The molecule has 0 spiro atoms. The Morgan fingerprint density at radius 1 is 1.20 bits per heavy atom. The second kappa shape index (κ2) is 13.6. The third-order valence-electron chi connectivity index (χ3n) is 5.52. The molecular weight excluding hydrogens is 618 g/mol. The van der Waals surface area contributed by atoms with Crippen LogP contribution in [0.5, 0.6) is 0 Å². The van der Waals surface area contributed by atoms with Gasteiger partial charge in [-0.15, -0.1) is 0 Å². The number of nitrogens with one attached hydrogen (secondary N) is 1. The van der Waals surface area contributed by atoms with Gasteiger partial charge in [0.15, 0.2) is 0 Å². The van der Waals surface area contributed by atoms with Crippen LogP contribution in [0.2, 0.25) is 5.02 Å². The number of nitrogens with two attached hydrogens (primary N) is 1. The molecule has 0 fully saturated rings. The number of aromatic nitrogens is 2. The van der Waals surface area contributed by atoms with Crippen LogP contribution in [-0.2, 0) is 26.2 Å². The van der Waals surface area contributed by atoms with Gasteiger partial charge in [0.05, 0.1) is 4.90 Å². The molecule has 11 nitrogen and oxygen atoms in total. The first-order valence-electron chi connectivity index (χ1n) is 11.5. The Balaban J connectivity index is 2.03. The zero-order valence-electron chi connectivity index (χ0n) is 20.7. The summed E-state index contributed by atoms with van der Waals surface area (Å²) in [5, 5.41) is 12.7. The molecule has 1 heterocycles. The minimum absolute atomic E-state index is 0.0279. The smallest absolute Gasteiger partial charge is 0.389 e. The van der Waals surface area contributed by atoms with Gasteiger partial charge in [-0.25, -0.2) is 12.8 Å². The van der Waals surface area contributed by atoms with E-state index in [2.05, 4.69) is 19.4 Å². The number of carbonyl (C=O) groups is 2. The summed E-state index contributed by atoms with van der Waals surface area (Å²) in [6.45, 7) is -0.849. The maximum atomic E-state index is 15.2. The predicted octanol–water partition coefficient (Wildman–Crippen LogP) is 3.61. The number of rotatable bonds is 13. The van der Waals surface area contributed by atoms with Gasteiger partial charge in [0.1, 0.15) is 17.9 Å². The highest BCUT2D eigenvalue weighted by atomic mass is 35.5. The van der Waals surface area contributed by atoms with Crippen molar-refractivity contribution in [3.63, 3.8) is 0 Å². The molecule has 41 heavy (non-hydrogen) atoms. The van der Waals surface area contributed by atoms with Crippen LogP contribution < -0.4 is 10.5 Å². The third-order valence-corrected chi connectivity index (χ3v) is 8.52. The summed E-state index contributed by atoms with van der Waals surface area (Å²) in [7, 11) is -4.74. The summed E-state index contributed by atoms with van der Waals surface area (Å²) in [5.41, 5.74) is 5.28. The van der Waals surface area contributed by atoms with Crippen LogP contribution in [0.15, 0.2) is 58.3 Å². The molecule has 0 bridgehead atoms. The summed E-state index contributed by atoms with van der Waals surface area (Å²) < 4.78 is 89.6. The van der Waals surface area contributed by atoms with E-state index in [1.165, 1.54) is 24.3 Å². The Morgan fingerprint density at radius 2 is 1.88 bits per heavy atom. The standard InChI is InChI=1S/C23H22ClF4N5O6S2/c24-15-3-5-16(6-4-15)41(37,38)33(10-14-2-1-13(9-17(14)25)20-30-12-39-31-20)19(7-8-23(26,27)28)21(34)32-40-11-18(29)22(35)36/h1-6,9,12,18-19H,7-8,10-11,29H2,(H,32,34)(H,35,36)/t18-,19+/m0/s1. The van der Waals surface area contributed by atoms with Gasteiger partial charge in [-0.2, -0.15) is 22.5 Å². The number of amides is 1. The van der Waals surface area contributed by atoms with Gasteiger partial charge in [0.25, 0.3) is 0 Å². The molecule has 2 aromatic carbocycles. The summed E-state index contributed by atoms with van der Waals surface area (Å²) in [6.07, 6.45) is -6.36. The highest BCUT2D eigenvalue weighted by Crippen LogP contribution is 2.30. The van der Waals surface area contributed by atoms with Crippen LogP contribution >= 0.6 is 23.5 Å². The van der Waals surface area contributed by atoms with E-state index in [4.69, 9.17) is 22.4 Å². The van der Waals surface area contributed by atoms with Crippen LogP contribution in [0.25, 0.3) is 11.4 Å². The number of carboxylic acid groups (broad SMARTS) is 1. The van der Waals surface area contributed by atoms with Crippen LogP contribution in [0.3, 0.4) is 0 Å². The minimum atomic E-state index is -4.77. The Bertz CT molecular complexity index is 1460. The molecule has 0 unspecified atom stereocenters. The van der Waals surface area contributed by atoms with Gasteiger partial charge < -0.3 is 15.4 Å². The first kappa shape index (κ1) is 32.3. The van der Waals surface area contributed by atoms with Gasteiger partial charge in [-0.1, -0.05) is 28.9 Å². The third kappa shape index (κ3) is 8.87. The summed E-state index contributed by atoms with van der Waals surface area (Å²) in [5.74, 6) is -3.89. The summed E-state index contributed by atoms with van der Waals surface area (Å²) in [6, 6.07) is 4.67. The van der Waals surface area contributed by atoms with Crippen molar-refractivity contribution in [3.8, 4) is 11.4 Å². The lowest BCUT2D eigenvalue weighted by Gasteiger charge is -2.30. The Kier molecular flexibility index (Phi) is 10.7. The number of benzene rings is 2. The largest absolute Gasteiger partial charge is 0.480 e. The number of halogens is 5. The first-order valence-corrected chi connectivity index (χ1v) is 14.3. The van der Waals surface area contributed by atoms with E-state index in [1.54, 1.807) is 0 Å². The van der Waals surface area contributed by atoms with E-state index >= 15 is 4.39 Å². The van der Waals surface area contributed by atoms with Gasteiger partial charge in [-0.05, 0) is 48.7 Å². The molecule has 3 rings (SSSR count). The summed E-state index contributed by atoms with van der Waals surface area (Å²) in [4.78, 5) is 27.5. The molecule has 0 saturated heterocycles. The van der Waals surface area contributed by atoms with Crippen molar-refractivity contribution in [1.82, 2.24) is 19.2 Å². The Labute approximate surface area is 240 Å². The maximum absolute atomic E-state index is 15.2. The molecule has 1 aromatic heterocycles. The molecule has 0 radical (unpaired) electrons. The van der Waals surface area contributed by atoms with E-state index in [1.807, 2.05) is 0 Å². The van der Waals surface area contributed by atoms with Crippen LogP contribution in [0, 0.1) is 5.82 Å². The lowest BCUT2D eigenvalue weighted by atomic mass is 10.1. The number of aliphatic carboxylic acids is 1.